The summed E-state index contributed by atoms with van der Waals surface area (Å²) in [6.07, 6.45) is 2.12. The van der Waals surface area contributed by atoms with Crippen LogP contribution in [0.25, 0.3) is 0 Å². The van der Waals surface area contributed by atoms with Gasteiger partial charge in [-0.3, -0.25) is 9.89 Å². The van der Waals surface area contributed by atoms with Crippen molar-refractivity contribution < 1.29 is 14.3 Å². The summed E-state index contributed by atoms with van der Waals surface area (Å²) >= 11 is 6.12. The number of methoxy groups -OCH3 is 1. The number of likely N-dealkylation sites (tertiary alicyclic amines) is 1. The first-order valence-corrected chi connectivity index (χ1v) is 7.85. The van der Waals surface area contributed by atoms with Crippen molar-refractivity contribution in [2.24, 2.45) is 0 Å². The molecule has 122 valence electrons. The Hall–Kier alpha value is -2.21. The van der Waals surface area contributed by atoms with Crippen LogP contribution in [0.5, 0.6) is 11.5 Å². The Morgan fingerprint density at radius 2 is 2.13 bits per heavy atom. The molecule has 1 aliphatic heterocycles. The third-order valence-corrected chi connectivity index (χ3v) is 4.06. The number of amides is 1. The van der Waals surface area contributed by atoms with Crippen molar-refractivity contribution in [2.75, 3.05) is 20.2 Å². The van der Waals surface area contributed by atoms with E-state index in [1.807, 2.05) is 4.90 Å². The number of benzene rings is 1. The summed E-state index contributed by atoms with van der Waals surface area (Å²) in [5.74, 6) is 1.18. The van der Waals surface area contributed by atoms with E-state index in [1.54, 1.807) is 31.4 Å². The molecule has 0 saturated carbocycles. The Balaban J connectivity index is 1.62. The van der Waals surface area contributed by atoms with E-state index in [0.29, 0.717) is 22.2 Å². The van der Waals surface area contributed by atoms with E-state index in [0.717, 1.165) is 31.6 Å². The summed E-state index contributed by atoms with van der Waals surface area (Å²) in [5, 5.41) is 7.38. The number of aromatic nitrogens is 2. The predicted molar refractivity (Wildman–Crippen MR) is 86.1 cm³/mol. The smallest absolute Gasteiger partial charge is 0.274 e. The molecule has 23 heavy (non-hydrogen) atoms. The molecule has 1 aliphatic rings. The Labute approximate surface area is 139 Å². The van der Waals surface area contributed by atoms with Gasteiger partial charge in [0, 0.05) is 19.2 Å². The quantitative estimate of drug-likeness (QED) is 0.912. The van der Waals surface area contributed by atoms with Crippen LogP contribution in [0, 0.1) is 0 Å². The Morgan fingerprint density at radius 1 is 1.35 bits per heavy atom. The van der Waals surface area contributed by atoms with Gasteiger partial charge in [-0.15, -0.1) is 0 Å². The highest BCUT2D eigenvalue weighted by Gasteiger charge is 2.21. The van der Waals surface area contributed by atoms with Crippen molar-refractivity contribution in [1.29, 1.82) is 0 Å². The van der Waals surface area contributed by atoms with Crippen molar-refractivity contribution in [3.05, 3.63) is 40.7 Å². The number of nitrogens with one attached hydrogen (secondary N) is 1. The molecule has 1 fully saturated rings. The van der Waals surface area contributed by atoms with Gasteiger partial charge in [0.05, 0.1) is 17.8 Å². The van der Waals surface area contributed by atoms with Gasteiger partial charge < -0.3 is 14.4 Å². The topological polar surface area (TPSA) is 67.5 Å². The van der Waals surface area contributed by atoms with Gasteiger partial charge >= 0.3 is 0 Å². The number of hydrogen-bond donors (Lipinski definition) is 1. The van der Waals surface area contributed by atoms with Crippen LogP contribution in [0.15, 0.2) is 24.3 Å². The van der Waals surface area contributed by atoms with E-state index >= 15 is 0 Å². The third-order valence-electron chi connectivity index (χ3n) is 3.77. The number of ether oxygens (including phenoxy) is 2. The monoisotopic (exact) mass is 335 g/mol. The van der Waals surface area contributed by atoms with E-state index in [-0.39, 0.29) is 12.5 Å². The molecule has 6 nitrogen and oxygen atoms in total. The van der Waals surface area contributed by atoms with Crippen molar-refractivity contribution in [3.63, 3.8) is 0 Å². The number of nitrogens with zero attached hydrogens (tertiary/aromatic N) is 2. The molecule has 1 aromatic heterocycles. The lowest BCUT2D eigenvalue weighted by molar-refractivity contribution is 0.0787. The zero-order valence-electron chi connectivity index (χ0n) is 12.8. The number of carbonyl (C=O) groups excluding carboxylic acids is 1. The number of rotatable bonds is 5. The van der Waals surface area contributed by atoms with Crippen molar-refractivity contribution in [2.45, 2.75) is 19.4 Å². The number of hydrogen-bond acceptors (Lipinski definition) is 4. The predicted octanol–water partition coefficient (Wildman–Crippen LogP) is 2.89. The molecule has 0 aliphatic carbocycles. The molecule has 0 spiro atoms. The molecule has 2 heterocycles. The number of H-pyrrole nitrogens is 1. The van der Waals surface area contributed by atoms with Gasteiger partial charge in [0.2, 0.25) is 0 Å². The van der Waals surface area contributed by atoms with Gasteiger partial charge in [-0.05, 0) is 31.0 Å². The average Bonchev–Trinajstić information content (AvgIpc) is 3.24. The Bertz CT molecular complexity index is 696. The van der Waals surface area contributed by atoms with Crippen LogP contribution in [0.2, 0.25) is 5.02 Å². The third kappa shape index (κ3) is 3.59. The summed E-state index contributed by atoms with van der Waals surface area (Å²) < 4.78 is 10.8. The van der Waals surface area contributed by atoms with Crippen LogP contribution in [0.3, 0.4) is 0 Å². The van der Waals surface area contributed by atoms with Gasteiger partial charge in [0.25, 0.3) is 5.91 Å². The highest BCUT2D eigenvalue weighted by Crippen LogP contribution is 2.29. The van der Waals surface area contributed by atoms with Crippen LogP contribution in [0.4, 0.5) is 0 Å². The van der Waals surface area contributed by atoms with Gasteiger partial charge in [-0.25, -0.2) is 0 Å². The number of aromatic amines is 1. The van der Waals surface area contributed by atoms with Crippen molar-refractivity contribution in [1.82, 2.24) is 15.1 Å². The SMILES string of the molecule is COc1ccc(OCc2cc(C(=O)N3CCCC3)n[nH]2)c(Cl)c1. The highest BCUT2D eigenvalue weighted by atomic mass is 35.5. The van der Waals surface area contributed by atoms with Gasteiger partial charge in [-0.2, -0.15) is 5.10 Å². The van der Waals surface area contributed by atoms with Gasteiger partial charge in [0.1, 0.15) is 18.1 Å². The van der Waals surface area contributed by atoms with Gasteiger partial charge in [0.15, 0.2) is 5.69 Å². The fraction of sp³-hybridized carbons (Fsp3) is 0.375. The highest BCUT2D eigenvalue weighted by molar-refractivity contribution is 6.32. The average molecular weight is 336 g/mol. The van der Waals surface area contributed by atoms with Crippen LogP contribution in [-0.4, -0.2) is 41.2 Å². The van der Waals surface area contributed by atoms with Crippen LogP contribution >= 0.6 is 11.6 Å². The standard InChI is InChI=1S/C16H18ClN3O3/c1-22-12-4-5-15(13(17)9-12)23-10-11-8-14(19-18-11)16(21)20-6-2-3-7-20/h4-5,8-9H,2-3,6-7,10H2,1H3,(H,18,19). The van der Waals surface area contributed by atoms with Crippen LogP contribution in [-0.2, 0) is 6.61 Å². The molecule has 1 amide bonds. The molecule has 7 heteroatoms. The second kappa shape index (κ2) is 6.91. The van der Waals surface area contributed by atoms with E-state index in [9.17, 15) is 4.79 Å². The maximum absolute atomic E-state index is 12.2. The van der Waals surface area contributed by atoms with Crippen LogP contribution < -0.4 is 9.47 Å². The molecular weight excluding hydrogens is 318 g/mol. The molecule has 2 aromatic rings. The first kappa shape index (κ1) is 15.7. The minimum Gasteiger partial charge on any atom is -0.497 e. The summed E-state index contributed by atoms with van der Waals surface area (Å²) in [5.41, 5.74) is 1.14. The lowest BCUT2D eigenvalue weighted by Crippen LogP contribution is -2.27. The second-order valence-electron chi connectivity index (χ2n) is 5.36. The van der Waals surface area contributed by atoms with E-state index in [2.05, 4.69) is 10.2 Å². The summed E-state index contributed by atoms with van der Waals surface area (Å²) in [6.45, 7) is 1.87. The Kier molecular flexibility index (Phi) is 4.71. The minimum atomic E-state index is -0.0347. The van der Waals surface area contributed by atoms with E-state index < -0.39 is 0 Å². The zero-order chi connectivity index (χ0) is 16.2. The van der Waals surface area contributed by atoms with Crippen molar-refractivity contribution in [3.8, 4) is 11.5 Å². The minimum absolute atomic E-state index is 0.0347. The lowest BCUT2D eigenvalue weighted by atomic mass is 10.3. The number of carbonyl (C=O) groups is 1. The first-order valence-electron chi connectivity index (χ1n) is 7.47. The number of halogens is 1. The normalized spacial score (nSPS) is 14.1. The molecule has 1 N–H and O–H groups in total. The molecule has 0 radical (unpaired) electrons. The Morgan fingerprint density at radius 3 is 2.83 bits per heavy atom. The fourth-order valence-corrected chi connectivity index (χ4v) is 2.73. The zero-order valence-corrected chi connectivity index (χ0v) is 13.6. The van der Waals surface area contributed by atoms with Gasteiger partial charge in [-0.1, -0.05) is 11.6 Å². The molecule has 0 atom stereocenters. The largest absolute Gasteiger partial charge is 0.497 e. The summed E-state index contributed by atoms with van der Waals surface area (Å²) in [7, 11) is 1.58. The van der Waals surface area contributed by atoms with Crippen molar-refractivity contribution >= 4 is 17.5 Å². The van der Waals surface area contributed by atoms with E-state index in [1.165, 1.54) is 0 Å². The lowest BCUT2D eigenvalue weighted by Gasteiger charge is -2.12. The molecular formula is C16H18ClN3O3. The molecule has 3 rings (SSSR count). The van der Waals surface area contributed by atoms with E-state index in [4.69, 9.17) is 21.1 Å². The molecule has 0 bridgehead atoms. The second-order valence-corrected chi connectivity index (χ2v) is 5.77. The first-order chi connectivity index (χ1) is 11.2. The molecule has 0 unspecified atom stereocenters. The molecule has 1 aromatic carbocycles. The maximum atomic E-state index is 12.2. The summed E-state index contributed by atoms with van der Waals surface area (Å²) in [4.78, 5) is 14.0. The van der Waals surface area contributed by atoms with Crippen LogP contribution in [0.1, 0.15) is 29.0 Å². The molecule has 1 saturated heterocycles. The fourth-order valence-electron chi connectivity index (χ4n) is 2.51. The maximum Gasteiger partial charge on any atom is 0.274 e. The summed E-state index contributed by atoms with van der Waals surface area (Å²) in [6, 6.07) is 6.93.